The van der Waals surface area contributed by atoms with Gasteiger partial charge in [-0.1, -0.05) is 13.8 Å². The van der Waals surface area contributed by atoms with Crippen molar-refractivity contribution in [2.45, 2.75) is 51.2 Å². The van der Waals surface area contributed by atoms with E-state index < -0.39 is 0 Å². The van der Waals surface area contributed by atoms with E-state index in [-0.39, 0.29) is 23.9 Å². The molecule has 2 fully saturated rings. The van der Waals surface area contributed by atoms with E-state index in [0.717, 1.165) is 19.1 Å². The van der Waals surface area contributed by atoms with E-state index in [1.165, 1.54) is 6.42 Å². The molecule has 1 saturated carbocycles. The van der Waals surface area contributed by atoms with Crippen molar-refractivity contribution in [1.82, 2.24) is 10.6 Å². The number of fused-ring (bicyclic) bond motifs is 2. The molecule has 2 rings (SSSR count). The maximum absolute atomic E-state index is 12.0. The van der Waals surface area contributed by atoms with Gasteiger partial charge in [-0.15, -0.1) is 0 Å². The maximum atomic E-state index is 12.0. The molecule has 0 unspecified atom stereocenters. The molecule has 0 aromatic carbocycles. The fourth-order valence-corrected chi connectivity index (χ4v) is 2.76. The number of carbonyl (C=O) groups is 2. The fourth-order valence-electron chi connectivity index (χ4n) is 2.76. The molecular weight excluding hydrogens is 204 g/mol. The van der Waals surface area contributed by atoms with Crippen LogP contribution >= 0.6 is 0 Å². The van der Waals surface area contributed by atoms with Gasteiger partial charge in [0.1, 0.15) is 6.29 Å². The average Bonchev–Trinajstić information content (AvgIpc) is 2.86. The van der Waals surface area contributed by atoms with Gasteiger partial charge in [0.05, 0.1) is 12.1 Å². The highest BCUT2D eigenvalue weighted by molar-refractivity contribution is 5.85. The fraction of sp³-hybridized carbons (Fsp3) is 0.833. The molecule has 2 N–H and O–H groups in total. The van der Waals surface area contributed by atoms with Gasteiger partial charge in [0.25, 0.3) is 0 Å². The molecule has 2 aliphatic rings. The number of amides is 1. The first-order chi connectivity index (χ1) is 7.61. The summed E-state index contributed by atoms with van der Waals surface area (Å²) in [6, 6.07) is 0.0999. The summed E-state index contributed by atoms with van der Waals surface area (Å²) in [6.45, 7) is 3.88. The highest BCUT2D eigenvalue weighted by atomic mass is 16.2. The van der Waals surface area contributed by atoms with Crippen molar-refractivity contribution in [3.8, 4) is 0 Å². The summed E-state index contributed by atoms with van der Waals surface area (Å²) < 4.78 is 0. The summed E-state index contributed by atoms with van der Waals surface area (Å²) >= 11 is 0. The summed E-state index contributed by atoms with van der Waals surface area (Å²) in [4.78, 5) is 22.8. The summed E-state index contributed by atoms with van der Waals surface area (Å²) in [5.41, 5.74) is 0. The third-order valence-corrected chi connectivity index (χ3v) is 3.82. The number of nitrogens with one attached hydrogen (secondary N) is 2. The Labute approximate surface area is 96.2 Å². The molecule has 4 nitrogen and oxygen atoms in total. The number of hydrogen-bond donors (Lipinski definition) is 2. The maximum Gasteiger partial charge on any atom is 0.238 e. The van der Waals surface area contributed by atoms with Gasteiger partial charge in [-0.3, -0.25) is 4.79 Å². The molecule has 1 amide bonds. The van der Waals surface area contributed by atoms with Crippen molar-refractivity contribution < 1.29 is 9.59 Å². The molecule has 1 saturated heterocycles. The first-order valence-electron chi connectivity index (χ1n) is 6.13. The molecule has 0 aromatic heterocycles. The molecule has 4 heteroatoms. The zero-order valence-corrected chi connectivity index (χ0v) is 9.90. The SMILES string of the molecule is CC(C)[C@@H](C=O)NC(=O)[C@H]1N[C@@H]2CC[C@H]1C2. The molecule has 90 valence electrons. The van der Waals surface area contributed by atoms with Crippen LogP contribution in [0.3, 0.4) is 0 Å². The summed E-state index contributed by atoms with van der Waals surface area (Å²) in [5, 5.41) is 6.15. The molecule has 4 atom stereocenters. The Bertz CT molecular complexity index is 291. The van der Waals surface area contributed by atoms with Crippen molar-refractivity contribution in [3.63, 3.8) is 0 Å². The van der Waals surface area contributed by atoms with E-state index in [0.29, 0.717) is 12.0 Å². The number of rotatable bonds is 4. The Hall–Kier alpha value is -0.900. The smallest absolute Gasteiger partial charge is 0.238 e. The van der Waals surface area contributed by atoms with Gasteiger partial charge >= 0.3 is 0 Å². The van der Waals surface area contributed by atoms with E-state index >= 15 is 0 Å². The first kappa shape index (κ1) is 11.6. The van der Waals surface area contributed by atoms with Gasteiger partial charge in [-0.05, 0) is 31.1 Å². The Balaban J connectivity index is 1.90. The van der Waals surface area contributed by atoms with Crippen LogP contribution in [-0.4, -0.2) is 30.3 Å². The summed E-state index contributed by atoms with van der Waals surface area (Å²) in [6.07, 6.45) is 4.28. The second-order valence-corrected chi connectivity index (χ2v) is 5.33. The second kappa shape index (κ2) is 4.53. The van der Waals surface area contributed by atoms with E-state index in [4.69, 9.17) is 0 Å². The quantitative estimate of drug-likeness (QED) is 0.682. The van der Waals surface area contributed by atoms with Crippen molar-refractivity contribution in [1.29, 1.82) is 0 Å². The molecule has 0 aromatic rings. The van der Waals surface area contributed by atoms with Crippen LogP contribution in [-0.2, 0) is 9.59 Å². The number of carbonyl (C=O) groups excluding carboxylic acids is 2. The molecule has 2 bridgehead atoms. The first-order valence-corrected chi connectivity index (χ1v) is 6.13. The standard InChI is InChI=1S/C12H20N2O2/c1-7(2)10(6-15)14-12(16)11-8-3-4-9(5-8)13-11/h6-11,13H,3-5H2,1-2H3,(H,14,16)/t8-,9+,10+,11-/m0/s1. The van der Waals surface area contributed by atoms with Crippen LogP contribution < -0.4 is 10.6 Å². The van der Waals surface area contributed by atoms with E-state index in [2.05, 4.69) is 10.6 Å². The van der Waals surface area contributed by atoms with Crippen molar-refractivity contribution in [2.24, 2.45) is 11.8 Å². The van der Waals surface area contributed by atoms with Crippen LogP contribution in [0, 0.1) is 11.8 Å². The minimum atomic E-state index is -0.353. The highest BCUT2D eigenvalue weighted by Crippen LogP contribution is 2.35. The van der Waals surface area contributed by atoms with Gasteiger partial charge in [-0.25, -0.2) is 0 Å². The minimum absolute atomic E-state index is 0.00185. The molecular formula is C12H20N2O2. The molecule has 1 heterocycles. The Morgan fingerprint density at radius 2 is 2.19 bits per heavy atom. The average molecular weight is 224 g/mol. The third-order valence-electron chi connectivity index (χ3n) is 3.82. The van der Waals surface area contributed by atoms with Crippen molar-refractivity contribution >= 4 is 12.2 Å². The van der Waals surface area contributed by atoms with Gasteiger partial charge in [0.15, 0.2) is 0 Å². The van der Waals surface area contributed by atoms with Crippen LogP contribution in [0.15, 0.2) is 0 Å². The lowest BCUT2D eigenvalue weighted by Crippen LogP contribution is -2.51. The zero-order chi connectivity index (χ0) is 11.7. The summed E-state index contributed by atoms with van der Waals surface area (Å²) in [7, 11) is 0. The molecule has 1 aliphatic carbocycles. The zero-order valence-electron chi connectivity index (χ0n) is 9.90. The third kappa shape index (κ3) is 2.12. The van der Waals surface area contributed by atoms with Crippen molar-refractivity contribution in [3.05, 3.63) is 0 Å². The Morgan fingerprint density at radius 3 is 2.62 bits per heavy atom. The Kier molecular flexibility index (Phi) is 3.28. The van der Waals surface area contributed by atoms with Gasteiger partial charge in [0, 0.05) is 6.04 Å². The summed E-state index contributed by atoms with van der Waals surface area (Å²) in [5.74, 6) is 0.627. The lowest BCUT2D eigenvalue weighted by atomic mass is 9.98. The van der Waals surface area contributed by atoms with Crippen LogP contribution in [0.4, 0.5) is 0 Å². The highest BCUT2D eigenvalue weighted by Gasteiger charge is 2.43. The topological polar surface area (TPSA) is 58.2 Å². The molecule has 16 heavy (non-hydrogen) atoms. The van der Waals surface area contributed by atoms with E-state index in [1.54, 1.807) is 0 Å². The van der Waals surface area contributed by atoms with Crippen LogP contribution in [0.5, 0.6) is 0 Å². The molecule has 0 radical (unpaired) electrons. The van der Waals surface area contributed by atoms with Crippen LogP contribution in [0.2, 0.25) is 0 Å². The molecule has 0 spiro atoms. The van der Waals surface area contributed by atoms with Gasteiger partial charge in [-0.2, -0.15) is 0 Å². The van der Waals surface area contributed by atoms with E-state index in [9.17, 15) is 9.59 Å². The number of piperidine rings is 1. The molecule has 1 aliphatic heterocycles. The Morgan fingerprint density at radius 1 is 1.44 bits per heavy atom. The predicted molar refractivity (Wildman–Crippen MR) is 60.9 cm³/mol. The number of aldehydes is 1. The monoisotopic (exact) mass is 224 g/mol. The van der Waals surface area contributed by atoms with E-state index in [1.807, 2.05) is 13.8 Å². The normalized spacial score (nSPS) is 34.1. The lowest BCUT2D eigenvalue weighted by Gasteiger charge is -2.25. The minimum Gasteiger partial charge on any atom is -0.345 e. The van der Waals surface area contributed by atoms with Gasteiger partial charge in [0.2, 0.25) is 5.91 Å². The van der Waals surface area contributed by atoms with Crippen molar-refractivity contribution in [2.75, 3.05) is 0 Å². The predicted octanol–water partition coefficient (Wildman–Crippen LogP) is 0.467. The lowest BCUT2D eigenvalue weighted by molar-refractivity contribution is -0.127. The van der Waals surface area contributed by atoms with Gasteiger partial charge < -0.3 is 15.4 Å². The number of hydrogen-bond acceptors (Lipinski definition) is 3. The van der Waals surface area contributed by atoms with Crippen LogP contribution in [0.25, 0.3) is 0 Å². The second-order valence-electron chi connectivity index (χ2n) is 5.33. The van der Waals surface area contributed by atoms with Crippen LogP contribution in [0.1, 0.15) is 33.1 Å². The largest absolute Gasteiger partial charge is 0.345 e.